The van der Waals surface area contributed by atoms with E-state index in [1.165, 1.54) is 0 Å². The first-order valence-corrected chi connectivity index (χ1v) is 8.84. The maximum absolute atomic E-state index is 12.2. The number of hydrogen-bond donors (Lipinski definition) is 1. The normalized spacial score (nSPS) is 12.2. The van der Waals surface area contributed by atoms with Crippen LogP contribution in [0.3, 0.4) is 0 Å². The van der Waals surface area contributed by atoms with E-state index in [1.54, 1.807) is 19.2 Å². The summed E-state index contributed by atoms with van der Waals surface area (Å²) < 4.78 is 15.4. The van der Waals surface area contributed by atoms with Crippen molar-refractivity contribution >= 4 is 39.2 Å². The van der Waals surface area contributed by atoms with E-state index < -0.39 is 0 Å². The van der Waals surface area contributed by atoms with Crippen LogP contribution in [0, 0.1) is 6.92 Å². The number of amides is 1. The Morgan fingerprint density at radius 2 is 2.08 bits per heavy atom. The molecule has 0 spiro atoms. The van der Waals surface area contributed by atoms with Gasteiger partial charge in [-0.1, -0.05) is 20.4 Å². The summed E-state index contributed by atoms with van der Waals surface area (Å²) in [6.07, 6.45) is 1.69. The number of benzene rings is 1. The zero-order valence-electron chi connectivity index (χ0n) is 12.9. The molecule has 0 saturated carbocycles. The van der Waals surface area contributed by atoms with Crippen LogP contribution in [-0.4, -0.2) is 27.3 Å². The van der Waals surface area contributed by atoms with E-state index in [2.05, 4.69) is 35.8 Å². The van der Waals surface area contributed by atoms with Crippen LogP contribution in [0.5, 0.6) is 11.5 Å². The Balaban J connectivity index is 1.57. The first-order valence-electron chi connectivity index (χ1n) is 7.27. The van der Waals surface area contributed by atoms with Crippen LogP contribution in [0.15, 0.2) is 34.9 Å². The summed E-state index contributed by atoms with van der Waals surface area (Å²) in [7, 11) is 0. The quantitative estimate of drug-likeness (QED) is 0.698. The van der Waals surface area contributed by atoms with Crippen LogP contribution in [0.4, 0.5) is 5.82 Å². The number of rotatable bonds is 3. The highest BCUT2D eigenvalue weighted by atomic mass is 79.9. The van der Waals surface area contributed by atoms with Gasteiger partial charge in [-0.25, -0.2) is 4.98 Å². The Bertz CT molecular complexity index is 959. The van der Waals surface area contributed by atoms with Gasteiger partial charge < -0.3 is 14.8 Å². The standard InChI is InChI=1S/C16H11BrN4O3S/c1-8-15(25-21-20-8)16(22)19-14-3-2-9(6-18-14)10-4-12-13(5-11(10)17)24-7-23-12/h2-6H,7H2,1H3,(H,18,19,22). The van der Waals surface area contributed by atoms with Crippen LogP contribution in [0.25, 0.3) is 11.1 Å². The number of carbonyl (C=O) groups is 1. The van der Waals surface area contributed by atoms with Crippen molar-refractivity contribution in [1.82, 2.24) is 14.6 Å². The first-order chi connectivity index (χ1) is 12.1. The molecule has 2 aromatic heterocycles. The molecule has 9 heteroatoms. The van der Waals surface area contributed by atoms with E-state index in [0.29, 0.717) is 27.9 Å². The molecule has 3 heterocycles. The monoisotopic (exact) mass is 418 g/mol. The molecule has 3 aromatic rings. The fourth-order valence-corrected chi connectivity index (χ4v) is 3.48. The minimum absolute atomic E-state index is 0.223. The molecule has 25 heavy (non-hydrogen) atoms. The van der Waals surface area contributed by atoms with Gasteiger partial charge in [-0.2, -0.15) is 0 Å². The molecule has 1 aliphatic rings. The second kappa shape index (κ2) is 6.41. The maximum atomic E-state index is 12.2. The Hall–Kier alpha value is -2.52. The van der Waals surface area contributed by atoms with E-state index in [-0.39, 0.29) is 12.7 Å². The van der Waals surface area contributed by atoms with Crippen LogP contribution >= 0.6 is 27.5 Å². The highest BCUT2D eigenvalue weighted by Gasteiger charge is 2.18. The van der Waals surface area contributed by atoms with Gasteiger partial charge in [0.25, 0.3) is 5.91 Å². The summed E-state index contributed by atoms with van der Waals surface area (Å²) in [6, 6.07) is 7.39. The lowest BCUT2D eigenvalue weighted by Gasteiger charge is -2.08. The fourth-order valence-electron chi connectivity index (χ4n) is 2.38. The molecule has 126 valence electrons. The number of ether oxygens (including phenoxy) is 2. The molecule has 0 aliphatic carbocycles. The number of fused-ring (bicyclic) bond motifs is 1. The Kier molecular flexibility index (Phi) is 4.10. The molecule has 4 rings (SSSR count). The molecule has 0 saturated heterocycles. The van der Waals surface area contributed by atoms with Crippen molar-refractivity contribution in [1.29, 1.82) is 0 Å². The van der Waals surface area contributed by atoms with E-state index in [0.717, 1.165) is 27.1 Å². The summed E-state index contributed by atoms with van der Waals surface area (Å²) in [6.45, 7) is 1.96. The van der Waals surface area contributed by atoms with E-state index in [1.807, 2.05) is 18.2 Å². The van der Waals surface area contributed by atoms with Crippen molar-refractivity contribution in [3.63, 3.8) is 0 Å². The molecule has 0 atom stereocenters. The second-order valence-electron chi connectivity index (χ2n) is 5.26. The molecule has 7 nitrogen and oxygen atoms in total. The summed E-state index contributed by atoms with van der Waals surface area (Å²) in [4.78, 5) is 17.0. The number of nitrogens with one attached hydrogen (secondary N) is 1. The van der Waals surface area contributed by atoms with Gasteiger partial charge in [-0.05, 0) is 42.7 Å². The predicted molar refractivity (Wildman–Crippen MR) is 96.1 cm³/mol. The number of pyridine rings is 1. The van der Waals surface area contributed by atoms with Crippen LogP contribution in [0.1, 0.15) is 15.4 Å². The summed E-state index contributed by atoms with van der Waals surface area (Å²) in [5.74, 6) is 1.60. The van der Waals surface area contributed by atoms with Crippen molar-refractivity contribution in [3.8, 4) is 22.6 Å². The number of halogens is 1. The van der Waals surface area contributed by atoms with Crippen molar-refractivity contribution in [2.75, 3.05) is 12.1 Å². The van der Waals surface area contributed by atoms with Gasteiger partial charge in [0.2, 0.25) is 6.79 Å². The molecule has 1 amide bonds. The van der Waals surface area contributed by atoms with Crippen molar-refractivity contribution < 1.29 is 14.3 Å². The molecular formula is C16H11BrN4O3S. The second-order valence-corrected chi connectivity index (χ2v) is 6.87. The maximum Gasteiger partial charge on any atom is 0.270 e. The number of carbonyl (C=O) groups excluding carboxylic acids is 1. The number of hydrogen-bond acceptors (Lipinski definition) is 7. The van der Waals surface area contributed by atoms with Gasteiger partial charge in [0, 0.05) is 21.8 Å². The highest BCUT2D eigenvalue weighted by molar-refractivity contribution is 9.10. The van der Waals surface area contributed by atoms with Crippen LogP contribution < -0.4 is 14.8 Å². The van der Waals surface area contributed by atoms with Gasteiger partial charge in [0.15, 0.2) is 11.5 Å². The summed E-state index contributed by atoms with van der Waals surface area (Å²) in [5, 5.41) is 6.58. The smallest absolute Gasteiger partial charge is 0.270 e. The minimum Gasteiger partial charge on any atom is -0.454 e. The molecular weight excluding hydrogens is 408 g/mol. The molecule has 0 fully saturated rings. The van der Waals surface area contributed by atoms with Gasteiger partial charge in [-0.15, -0.1) is 5.10 Å². The molecule has 0 unspecified atom stereocenters. The average Bonchev–Trinajstić information content (AvgIpc) is 3.23. The van der Waals surface area contributed by atoms with Gasteiger partial charge in [-0.3, -0.25) is 4.79 Å². The topological polar surface area (TPSA) is 86.2 Å². The Labute approximate surface area is 155 Å². The molecule has 0 bridgehead atoms. The first kappa shape index (κ1) is 16.0. The van der Waals surface area contributed by atoms with Crippen LogP contribution in [0.2, 0.25) is 0 Å². The summed E-state index contributed by atoms with van der Waals surface area (Å²) >= 11 is 4.59. The highest BCUT2D eigenvalue weighted by Crippen LogP contribution is 2.40. The zero-order valence-corrected chi connectivity index (χ0v) is 15.3. The van der Waals surface area contributed by atoms with E-state index >= 15 is 0 Å². The van der Waals surface area contributed by atoms with Gasteiger partial charge >= 0.3 is 0 Å². The minimum atomic E-state index is -0.267. The molecule has 1 aliphatic heterocycles. The predicted octanol–water partition coefficient (Wildman–Crippen LogP) is 3.65. The number of nitrogens with zero attached hydrogens (tertiary/aromatic N) is 3. The zero-order chi connectivity index (χ0) is 17.4. The Morgan fingerprint density at radius 3 is 2.76 bits per heavy atom. The van der Waals surface area contributed by atoms with Crippen molar-refractivity contribution in [3.05, 3.63) is 45.5 Å². The Morgan fingerprint density at radius 1 is 1.28 bits per heavy atom. The van der Waals surface area contributed by atoms with E-state index in [9.17, 15) is 4.79 Å². The lowest BCUT2D eigenvalue weighted by molar-refractivity contribution is 0.102. The van der Waals surface area contributed by atoms with Gasteiger partial charge in [0.05, 0.1) is 5.69 Å². The molecule has 0 radical (unpaired) electrons. The summed E-state index contributed by atoms with van der Waals surface area (Å²) in [5.41, 5.74) is 2.42. The number of anilines is 1. The third-order valence-corrected chi connectivity index (χ3v) is 5.12. The third-order valence-electron chi connectivity index (χ3n) is 3.64. The van der Waals surface area contributed by atoms with Gasteiger partial charge in [0.1, 0.15) is 10.7 Å². The lowest BCUT2D eigenvalue weighted by atomic mass is 10.1. The van der Waals surface area contributed by atoms with Crippen LogP contribution in [-0.2, 0) is 0 Å². The molecule has 1 aromatic carbocycles. The lowest BCUT2D eigenvalue weighted by Crippen LogP contribution is -2.12. The third kappa shape index (κ3) is 3.08. The number of aryl methyl sites for hydroxylation is 1. The average molecular weight is 419 g/mol. The van der Waals surface area contributed by atoms with E-state index in [4.69, 9.17) is 9.47 Å². The van der Waals surface area contributed by atoms with Crippen molar-refractivity contribution in [2.24, 2.45) is 0 Å². The SMILES string of the molecule is Cc1nnsc1C(=O)Nc1ccc(-c2cc3c(cc2Br)OCO3)cn1. The largest absolute Gasteiger partial charge is 0.454 e. The molecule has 1 N–H and O–H groups in total. The van der Waals surface area contributed by atoms with Crippen molar-refractivity contribution in [2.45, 2.75) is 6.92 Å². The number of aromatic nitrogens is 3. The fraction of sp³-hybridized carbons (Fsp3) is 0.125.